The Bertz CT molecular complexity index is 653. The first-order valence-corrected chi connectivity index (χ1v) is 7.44. The summed E-state index contributed by atoms with van der Waals surface area (Å²) in [5.41, 5.74) is 0.238. The van der Waals surface area contributed by atoms with E-state index in [0.717, 1.165) is 5.56 Å². The molecule has 0 heterocycles. The van der Waals surface area contributed by atoms with Crippen molar-refractivity contribution in [3.05, 3.63) is 70.5 Å². The third-order valence-electron chi connectivity index (χ3n) is 4.14. The van der Waals surface area contributed by atoms with Gasteiger partial charge in [0.15, 0.2) is 23.3 Å². The van der Waals surface area contributed by atoms with Gasteiger partial charge < -0.3 is 0 Å². The first kappa shape index (κ1) is 17.4. The lowest BCUT2D eigenvalue weighted by Gasteiger charge is -2.21. The summed E-state index contributed by atoms with van der Waals surface area (Å²) in [7, 11) is 0. The standard InChI is InChI=1S/C18H17F5/c1-3-11(12-7-5-4-6-8-12)9-10(2)13-14(19)16(21)18(23)17(22)15(13)20/h4-8,10-11H,3,9H2,1-2H3. The minimum atomic E-state index is -2.12. The van der Waals surface area contributed by atoms with E-state index in [1.807, 2.05) is 37.3 Å². The molecule has 0 amide bonds. The van der Waals surface area contributed by atoms with Crippen LogP contribution in [0.25, 0.3) is 0 Å². The third-order valence-corrected chi connectivity index (χ3v) is 4.14. The second kappa shape index (κ2) is 7.11. The molecule has 0 fully saturated rings. The van der Waals surface area contributed by atoms with Gasteiger partial charge in [0.05, 0.1) is 0 Å². The molecule has 0 saturated heterocycles. The van der Waals surface area contributed by atoms with E-state index in [1.54, 1.807) is 0 Å². The van der Waals surface area contributed by atoms with Crippen LogP contribution in [0.1, 0.15) is 49.7 Å². The van der Waals surface area contributed by atoms with Gasteiger partial charge in [0, 0.05) is 5.56 Å². The molecule has 5 heteroatoms. The normalized spacial score (nSPS) is 13.9. The van der Waals surface area contributed by atoms with E-state index in [9.17, 15) is 22.0 Å². The molecular weight excluding hydrogens is 311 g/mol. The maximum absolute atomic E-state index is 13.9. The Hall–Kier alpha value is -1.91. The highest BCUT2D eigenvalue weighted by Gasteiger charge is 2.29. The van der Waals surface area contributed by atoms with Gasteiger partial charge in [-0.2, -0.15) is 0 Å². The zero-order valence-electron chi connectivity index (χ0n) is 12.8. The predicted molar refractivity (Wildman–Crippen MR) is 78.7 cm³/mol. The smallest absolute Gasteiger partial charge is 0.200 e. The van der Waals surface area contributed by atoms with E-state index in [4.69, 9.17) is 0 Å². The summed E-state index contributed by atoms with van der Waals surface area (Å²) < 4.78 is 67.6. The van der Waals surface area contributed by atoms with Crippen LogP contribution in [0.15, 0.2) is 30.3 Å². The van der Waals surface area contributed by atoms with Gasteiger partial charge in [0.25, 0.3) is 0 Å². The van der Waals surface area contributed by atoms with Crippen molar-refractivity contribution in [2.75, 3.05) is 0 Å². The first-order valence-electron chi connectivity index (χ1n) is 7.44. The Kier molecular flexibility index (Phi) is 5.39. The fraction of sp³-hybridized carbons (Fsp3) is 0.333. The molecule has 0 nitrogen and oxygen atoms in total. The number of hydrogen-bond acceptors (Lipinski definition) is 0. The van der Waals surface area contributed by atoms with Gasteiger partial charge >= 0.3 is 0 Å². The van der Waals surface area contributed by atoms with E-state index in [1.165, 1.54) is 6.92 Å². The molecule has 2 rings (SSSR count). The second-order valence-electron chi connectivity index (χ2n) is 5.64. The Morgan fingerprint density at radius 2 is 1.26 bits per heavy atom. The molecule has 2 unspecified atom stereocenters. The van der Waals surface area contributed by atoms with Gasteiger partial charge in [0.2, 0.25) is 5.82 Å². The van der Waals surface area contributed by atoms with Gasteiger partial charge in [-0.15, -0.1) is 0 Å². The lowest BCUT2D eigenvalue weighted by molar-refractivity contribution is 0.361. The molecule has 23 heavy (non-hydrogen) atoms. The molecule has 0 bridgehead atoms. The average Bonchev–Trinajstić information content (AvgIpc) is 2.57. The van der Waals surface area contributed by atoms with Crippen molar-refractivity contribution in [3.63, 3.8) is 0 Å². The Morgan fingerprint density at radius 1 is 0.783 bits per heavy atom. The minimum absolute atomic E-state index is 0.0267. The van der Waals surface area contributed by atoms with E-state index in [-0.39, 0.29) is 5.92 Å². The SMILES string of the molecule is CCC(CC(C)c1c(F)c(F)c(F)c(F)c1F)c1ccccc1. The van der Waals surface area contributed by atoms with Crippen LogP contribution in [0.5, 0.6) is 0 Å². The molecule has 0 aliphatic carbocycles. The Labute approximate surface area is 132 Å². The number of hydrogen-bond donors (Lipinski definition) is 0. The fourth-order valence-corrected chi connectivity index (χ4v) is 2.86. The minimum Gasteiger partial charge on any atom is -0.203 e. The maximum Gasteiger partial charge on any atom is 0.200 e. The quantitative estimate of drug-likeness (QED) is 0.355. The summed E-state index contributed by atoms with van der Waals surface area (Å²) in [4.78, 5) is 0. The van der Waals surface area contributed by atoms with Crippen molar-refractivity contribution in [2.24, 2.45) is 0 Å². The van der Waals surface area contributed by atoms with Crippen LogP contribution in [-0.2, 0) is 0 Å². The second-order valence-corrected chi connectivity index (χ2v) is 5.64. The summed E-state index contributed by atoms with van der Waals surface area (Å²) in [5, 5.41) is 0. The molecule has 0 saturated carbocycles. The maximum atomic E-state index is 13.9. The van der Waals surface area contributed by atoms with Crippen LogP contribution in [0.3, 0.4) is 0 Å². The van der Waals surface area contributed by atoms with Gasteiger partial charge in [0.1, 0.15) is 0 Å². The lowest BCUT2D eigenvalue weighted by atomic mass is 9.84. The summed E-state index contributed by atoms with van der Waals surface area (Å²) in [6.45, 7) is 3.40. The number of benzene rings is 2. The molecule has 2 aromatic rings. The molecule has 0 N–H and O–H groups in total. The van der Waals surface area contributed by atoms with Crippen molar-refractivity contribution in [1.29, 1.82) is 0 Å². The molecule has 2 aromatic carbocycles. The van der Waals surface area contributed by atoms with Gasteiger partial charge in [-0.3, -0.25) is 0 Å². The summed E-state index contributed by atoms with van der Waals surface area (Å²) in [6.07, 6.45) is 0.989. The summed E-state index contributed by atoms with van der Waals surface area (Å²) >= 11 is 0. The molecule has 0 radical (unpaired) electrons. The van der Waals surface area contributed by atoms with Gasteiger partial charge in [-0.25, -0.2) is 22.0 Å². The first-order chi connectivity index (χ1) is 10.9. The number of rotatable bonds is 5. The van der Waals surface area contributed by atoms with Crippen molar-refractivity contribution in [2.45, 2.75) is 38.5 Å². The molecule has 2 atom stereocenters. The fourth-order valence-electron chi connectivity index (χ4n) is 2.86. The summed E-state index contributed by atoms with van der Waals surface area (Å²) in [6, 6.07) is 9.32. The highest BCUT2D eigenvalue weighted by Crippen LogP contribution is 2.36. The highest BCUT2D eigenvalue weighted by atomic mass is 19.2. The Morgan fingerprint density at radius 3 is 1.74 bits per heavy atom. The summed E-state index contributed by atoms with van der Waals surface area (Å²) in [5.74, 6) is -10.2. The monoisotopic (exact) mass is 328 g/mol. The van der Waals surface area contributed by atoms with Crippen LogP contribution >= 0.6 is 0 Å². The molecular formula is C18H17F5. The van der Waals surface area contributed by atoms with Crippen LogP contribution in [0, 0.1) is 29.1 Å². The van der Waals surface area contributed by atoms with E-state index >= 15 is 0 Å². The highest BCUT2D eigenvalue weighted by molar-refractivity contribution is 5.28. The van der Waals surface area contributed by atoms with Crippen molar-refractivity contribution < 1.29 is 22.0 Å². The topological polar surface area (TPSA) is 0 Å². The Balaban J connectivity index is 2.36. The van der Waals surface area contributed by atoms with Crippen LogP contribution in [0.2, 0.25) is 0 Å². The third kappa shape index (κ3) is 3.38. The zero-order valence-corrected chi connectivity index (χ0v) is 12.8. The van der Waals surface area contributed by atoms with Crippen LogP contribution < -0.4 is 0 Å². The van der Waals surface area contributed by atoms with Crippen LogP contribution in [-0.4, -0.2) is 0 Å². The van der Waals surface area contributed by atoms with E-state index < -0.39 is 40.6 Å². The molecule has 0 aliphatic heterocycles. The van der Waals surface area contributed by atoms with Gasteiger partial charge in [-0.1, -0.05) is 44.2 Å². The molecule has 0 spiro atoms. The van der Waals surface area contributed by atoms with Gasteiger partial charge in [-0.05, 0) is 30.2 Å². The van der Waals surface area contributed by atoms with E-state index in [2.05, 4.69) is 0 Å². The predicted octanol–water partition coefficient (Wildman–Crippen LogP) is 6.07. The number of halogens is 5. The zero-order chi connectivity index (χ0) is 17.1. The van der Waals surface area contributed by atoms with Crippen molar-refractivity contribution in [1.82, 2.24) is 0 Å². The van der Waals surface area contributed by atoms with E-state index in [0.29, 0.717) is 12.8 Å². The van der Waals surface area contributed by atoms with Crippen molar-refractivity contribution >= 4 is 0 Å². The molecule has 0 aliphatic rings. The molecule has 0 aromatic heterocycles. The van der Waals surface area contributed by atoms with Crippen LogP contribution in [0.4, 0.5) is 22.0 Å². The van der Waals surface area contributed by atoms with Crippen molar-refractivity contribution in [3.8, 4) is 0 Å². The largest absolute Gasteiger partial charge is 0.203 e. The average molecular weight is 328 g/mol. The lowest BCUT2D eigenvalue weighted by Crippen LogP contribution is -2.12. The molecule has 124 valence electrons.